The van der Waals surface area contributed by atoms with Crippen LogP contribution < -0.4 is 10.1 Å². The van der Waals surface area contributed by atoms with Crippen LogP contribution >= 0.6 is 0 Å². The number of amides is 1. The molecule has 2 aromatic carbocycles. The third kappa shape index (κ3) is 4.16. The van der Waals surface area contributed by atoms with E-state index in [2.05, 4.69) is 5.32 Å². The largest absolute Gasteiger partial charge is 0.477 e. The molecular weight excluding hydrogens is 312 g/mol. The Morgan fingerprint density at radius 2 is 1.92 bits per heavy atom. The van der Waals surface area contributed by atoms with Crippen LogP contribution in [0.5, 0.6) is 5.75 Å². The van der Waals surface area contributed by atoms with E-state index in [9.17, 15) is 19.7 Å². The van der Waals surface area contributed by atoms with Crippen molar-refractivity contribution in [2.24, 2.45) is 0 Å². The highest BCUT2D eigenvalue weighted by molar-refractivity contribution is 6.03. The SMILES string of the molecule is CC(=O)c1ccccc1NC(=O)COc1cc(C)ccc1[N+](=O)[O-]. The molecule has 0 aromatic heterocycles. The van der Waals surface area contributed by atoms with Crippen LogP contribution in [0.4, 0.5) is 11.4 Å². The first-order chi connectivity index (χ1) is 11.4. The van der Waals surface area contributed by atoms with Crippen LogP contribution in [-0.4, -0.2) is 23.2 Å². The Morgan fingerprint density at radius 3 is 2.58 bits per heavy atom. The Morgan fingerprint density at radius 1 is 1.21 bits per heavy atom. The molecule has 2 rings (SSSR count). The number of nitro benzene ring substituents is 1. The number of nitro groups is 1. The summed E-state index contributed by atoms with van der Waals surface area (Å²) in [5.74, 6) is -0.671. The summed E-state index contributed by atoms with van der Waals surface area (Å²) in [6.45, 7) is 2.76. The van der Waals surface area contributed by atoms with Gasteiger partial charge in [-0.15, -0.1) is 0 Å². The van der Waals surface area contributed by atoms with Crippen LogP contribution in [0.3, 0.4) is 0 Å². The van der Waals surface area contributed by atoms with E-state index in [1.54, 1.807) is 37.3 Å². The van der Waals surface area contributed by atoms with Crippen LogP contribution in [0, 0.1) is 17.0 Å². The average molecular weight is 328 g/mol. The second kappa shape index (κ2) is 7.36. The van der Waals surface area contributed by atoms with Gasteiger partial charge < -0.3 is 10.1 Å². The summed E-state index contributed by atoms with van der Waals surface area (Å²) in [5.41, 5.74) is 1.32. The zero-order chi connectivity index (χ0) is 17.7. The molecule has 0 radical (unpaired) electrons. The van der Waals surface area contributed by atoms with Gasteiger partial charge in [0.15, 0.2) is 18.1 Å². The Labute approximate surface area is 138 Å². The van der Waals surface area contributed by atoms with Gasteiger partial charge >= 0.3 is 5.69 Å². The predicted molar refractivity (Wildman–Crippen MR) is 88.4 cm³/mol. The average Bonchev–Trinajstić information content (AvgIpc) is 2.53. The molecule has 0 aliphatic heterocycles. The van der Waals surface area contributed by atoms with E-state index in [1.165, 1.54) is 19.1 Å². The molecule has 1 N–H and O–H groups in total. The normalized spacial score (nSPS) is 10.1. The van der Waals surface area contributed by atoms with Gasteiger partial charge in [0.05, 0.1) is 10.6 Å². The third-order valence-corrected chi connectivity index (χ3v) is 3.25. The zero-order valence-corrected chi connectivity index (χ0v) is 13.2. The van der Waals surface area contributed by atoms with Gasteiger partial charge in [-0.05, 0) is 37.6 Å². The van der Waals surface area contributed by atoms with Crippen molar-refractivity contribution < 1.29 is 19.2 Å². The number of hydrogen-bond acceptors (Lipinski definition) is 5. The lowest BCUT2D eigenvalue weighted by Gasteiger charge is -2.10. The number of carbonyl (C=O) groups is 2. The molecule has 124 valence electrons. The minimum absolute atomic E-state index is 0.0232. The number of nitrogens with one attached hydrogen (secondary N) is 1. The highest BCUT2D eigenvalue weighted by Gasteiger charge is 2.16. The van der Waals surface area contributed by atoms with Crippen LogP contribution in [-0.2, 0) is 4.79 Å². The molecule has 0 saturated carbocycles. The highest BCUT2D eigenvalue weighted by atomic mass is 16.6. The molecule has 1 amide bonds. The van der Waals surface area contributed by atoms with E-state index < -0.39 is 17.4 Å². The third-order valence-electron chi connectivity index (χ3n) is 3.25. The molecular formula is C17H16N2O5. The fourth-order valence-electron chi connectivity index (χ4n) is 2.12. The molecule has 0 unspecified atom stereocenters. The van der Waals surface area contributed by atoms with Crippen molar-refractivity contribution in [3.8, 4) is 5.75 Å². The fourth-order valence-corrected chi connectivity index (χ4v) is 2.12. The van der Waals surface area contributed by atoms with Gasteiger partial charge in [-0.1, -0.05) is 18.2 Å². The van der Waals surface area contributed by atoms with Crippen molar-refractivity contribution in [1.29, 1.82) is 0 Å². The standard InChI is InChI=1S/C17H16N2O5/c1-11-7-8-15(19(22)23)16(9-11)24-10-17(21)18-14-6-4-3-5-13(14)12(2)20/h3-9H,10H2,1-2H3,(H,18,21). The number of nitrogens with zero attached hydrogens (tertiary/aromatic N) is 1. The molecule has 7 nitrogen and oxygen atoms in total. The van der Waals surface area contributed by atoms with E-state index in [0.29, 0.717) is 11.3 Å². The molecule has 0 bridgehead atoms. The summed E-state index contributed by atoms with van der Waals surface area (Å²) >= 11 is 0. The van der Waals surface area contributed by atoms with E-state index >= 15 is 0 Å². The first-order valence-corrected chi connectivity index (χ1v) is 7.16. The first-order valence-electron chi connectivity index (χ1n) is 7.16. The van der Waals surface area contributed by atoms with Crippen LogP contribution in [0.25, 0.3) is 0 Å². The van der Waals surface area contributed by atoms with Crippen molar-refractivity contribution in [2.45, 2.75) is 13.8 Å². The fraction of sp³-hybridized carbons (Fsp3) is 0.176. The van der Waals surface area contributed by atoms with Crippen LogP contribution in [0.2, 0.25) is 0 Å². The molecule has 0 spiro atoms. The summed E-state index contributed by atoms with van der Waals surface area (Å²) in [5, 5.41) is 13.5. The number of benzene rings is 2. The lowest BCUT2D eigenvalue weighted by molar-refractivity contribution is -0.385. The highest BCUT2D eigenvalue weighted by Crippen LogP contribution is 2.27. The number of para-hydroxylation sites is 1. The maximum atomic E-state index is 12.0. The van der Waals surface area contributed by atoms with Crippen molar-refractivity contribution in [3.63, 3.8) is 0 Å². The molecule has 7 heteroatoms. The predicted octanol–water partition coefficient (Wildman–Crippen LogP) is 3.12. The van der Waals surface area contributed by atoms with Crippen molar-refractivity contribution >= 4 is 23.1 Å². The minimum Gasteiger partial charge on any atom is -0.477 e. The summed E-state index contributed by atoms with van der Waals surface area (Å²) in [6.07, 6.45) is 0. The summed E-state index contributed by atoms with van der Waals surface area (Å²) < 4.78 is 5.27. The molecule has 0 aliphatic rings. The second-order valence-electron chi connectivity index (χ2n) is 5.17. The molecule has 0 aliphatic carbocycles. The van der Waals surface area contributed by atoms with Crippen molar-refractivity contribution in [2.75, 3.05) is 11.9 Å². The Balaban J connectivity index is 2.09. The van der Waals surface area contributed by atoms with Crippen LogP contribution in [0.15, 0.2) is 42.5 Å². The number of hydrogen-bond donors (Lipinski definition) is 1. The van der Waals surface area contributed by atoms with E-state index in [-0.39, 0.29) is 17.2 Å². The summed E-state index contributed by atoms with van der Waals surface area (Å²) in [4.78, 5) is 33.9. The number of ether oxygens (including phenoxy) is 1. The van der Waals surface area contributed by atoms with Gasteiger partial charge in [0.25, 0.3) is 5.91 Å². The molecule has 0 atom stereocenters. The van der Waals surface area contributed by atoms with Gasteiger partial charge in [0.1, 0.15) is 0 Å². The molecule has 2 aromatic rings. The number of aryl methyl sites for hydroxylation is 1. The van der Waals surface area contributed by atoms with E-state index in [1.807, 2.05) is 0 Å². The van der Waals surface area contributed by atoms with Crippen LogP contribution in [0.1, 0.15) is 22.8 Å². The maximum absolute atomic E-state index is 12.0. The number of anilines is 1. The van der Waals surface area contributed by atoms with Crippen molar-refractivity contribution in [3.05, 3.63) is 63.7 Å². The molecule has 0 heterocycles. The van der Waals surface area contributed by atoms with Gasteiger partial charge in [-0.25, -0.2) is 0 Å². The van der Waals surface area contributed by atoms with Gasteiger partial charge in [0, 0.05) is 11.6 Å². The summed E-state index contributed by atoms with van der Waals surface area (Å²) in [6, 6.07) is 11.0. The van der Waals surface area contributed by atoms with Crippen molar-refractivity contribution in [1.82, 2.24) is 0 Å². The Hall–Kier alpha value is -3.22. The maximum Gasteiger partial charge on any atom is 0.310 e. The Kier molecular flexibility index (Phi) is 5.26. The lowest BCUT2D eigenvalue weighted by atomic mass is 10.1. The molecule has 24 heavy (non-hydrogen) atoms. The zero-order valence-electron chi connectivity index (χ0n) is 13.2. The number of Topliss-reactive ketones (excluding diaryl/α,β-unsaturated/α-hetero) is 1. The smallest absolute Gasteiger partial charge is 0.310 e. The van der Waals surface area contributed by atoms with Gasteiger partial charge in [0.2, 0.25) is 0 Å². The molecule has 0 fully saturated rings. The number of rotatable bonds is 6. The minimum atomic E-state index is -0.572. The number of carbonyl (C=O) groups excluding carboxylic acids is 2. The lowest BCUT2D eigenvalue weighted by Crippen LogP contribution is -2.21. The molecule has 0 saturated heterocycles. The second-order valence-corrected chi connectivity index (χ2v) is 5.17. The quantitative estimate of drug-likeness (QED) is 0.499. The topological polar surface area (TPSA) is 98.5 Å². The summed E-state index contributed by atoms with van der Waals surface area (Å²) in [7, 11) is 0. The van der Waals surface area contributed by atoms with E-state index in [4.69, 9.17) is 4.74 Å². The number of ketones is 1. The van der Waals surface area contributed by atoms with Gasteiger partial charge in [-0.3, -0.25) is 19.7 Å². The van der Waals surface area contributed by atoms with E-state index in [0.717, 1.165) is 5.56 Å². The van der Waals surface area contributed by atoms with Gasteiger partial charge in [-0.2, -0.15) is 0 Å². The Bertz CT molecular complexity index is 801. The first kappa shape index (κ1) is 17.1. The monoisotopic (exact) mass is 328 g/mol.